The van der Waals surface area contributed by atoms with Crippen LogP contribution in [0.4, 0.5) is 24.9 Å². The van der Waals surface area contributed by atoms with Crippen molar-refractivity contribution in [2.45, 2.75) is 32.1 Å². The number of fused-ring (bicyclic) bond motifs is 2. The van der Waals surface area contributed by atoms with Crippen molar-refractivity contribution in [3.63, 3.8) is 0 Å². The molecule has 2 aromatic rings. The number of aromatic nitrogens is 2. The molecule has 1 saturated heterocycles. The molecule has 4 heterocycles. The number of nitrogens with zero attached hydrogens (tertiary/aromatic N) is 4. The zero-order valence-electron chi connectivity index (χ0n) is 15.8. The lowest BCUT2D eigenvalue weighted by atomic mass is 9.99. The average molecular weight is 406 g/mol. The highest BCUT2D eigenvalue weighted by Crippen LogP contribution is 2.33. The first-order valence-electron chi connectivity index (χ1n) is 9.69. The summed E-state index contributed by atoms with van der Waals surface area (Å²) in [5, 5.41) is 0. The van der Waals surface area contributed by atoms with E-state index in [1.165, 1.54) is 6.07 Å². The van der Waals surface area contributed by atoms with Crippen molar-refractivity contribution in [1.82, 2.24) is 9.97 Å². The third-order valence-corrected chi connectivity index (χ3v) is 5.58. The Morgan fingerprint density at radius 1 is 1.00 bits per heavy atom. The van der Waals surface area contributed by atoms with E-state index in [2.05, 4.69) is 9.97 Å². The molecule has 29 heavy (non-hydrogen) atoms. The highest BCUT2D eigenvalue weighted by molar-refractivity contribution is 5.55. The van der Waals surface area contributed by atoms with E-state index in [0.717, 1.165) is 22.4 Å². The number of alkyl halides is 2. The molecule has 0 atom stereocenters. The maximum atomic E-state index is 14.1. The van der Waals surface area contributed by atoms with Crippen LogP contribution in [0.15, 0.2) is 18.2 Å². The number of hydrogen-bond donors (Lipinski definition) is 0. The van der Waals surface area contributed by atoms with Gasteiger partial charge in [0.25, 0.3) is 5.92 Å². The summed E-state index contributed by atoms with van der Waals surface area (Å²) in [5.74, 6) is -2.20. The van der Waals surface area contributed by atoms with Gasteiger partial charge >= 0.3 is 0 Å². The monoisotopic (exact) mass is 406 g/mol. The van der Waals surface area contributed by atoms with Crippen LogP contribution >= 0.6 is 0 Å². The minimum absolute atomic E-state index is 0.196. The average Bonchev–Trinajstić information content (AvgIpc) is 3.10. The van der Waals surface area contributed by atoms with Gasteiger partial charge in [-0.15, -0.1) is 0 Å². The van der Waals surface area contributed by atoms with Crippen molar-refractivity contribution >= 4 is 11.8 Å². The van der Waals surface area contributed by atoms with E-state index in [4.69, 9.17) is 9.47 Å². The Bertz CT molecular complexity index is 940. The molecule has 3 aliphatic rings. The number of hydrogen-bond acceptors (Lipinski definition) is 6. The van der Waals surface area contributed by atoms with Crippen molar-refractivity contribution in [1.29, 1.82) is 0 Å². The molecule has 6 nitrogen and oxygen atoms in total. The Hall–Kier alpha value is -2.39. The van der Waals surface area contributed by atoms with Crippen molar-refractivity contribution in [2.75, 3.05) is 42.6 Å². The zero-order chi connectivity index (χ0) is 20.0. The van der Waals surface area contributed by atoms with Crippen LogP contribution < -0.4 is 9.80 Å². The van der Waals surface area contributed by atoms with Crippen LogP contribution in [0.2, 0.25) is 0 Å². The van der Waals surface area contributed by atoms with Crippen molar-refractivity contribution in [3.05, 3.63) is 46.4 Å². The second-order valence-electron chi connectivity index (χ2n) is 7.64. The normalized spacial score (nSPS) is 20.9. The fourth-order valence-corrected chi connectivity index (χ4v) is 4.14. The lowest BCUT2D eigenvalue weighted by Gasteiger charge is -2.31. The van der Waals surface area contributed by atoms with Gasteiger partial charge in [0, 0.05) is 25.2 Å². The quantitative estimate of drug-likeness (QED) is 0.765. The first-order valence-corrected chi connectivity index (χ1v) is 9.69. The molecule has 0 saturated carbocycles. The molecule has 0 N–H and O–H groups in total. The maximum absolute atomic E-state index is 14.1. The summed E-state index contributed by atoms with van der Waals surface area (Å²) in [5.41, 5.74) is 3.10. The fraction of sp³-hybridized carbons (Fsp3) is 0.500. The lowest BCUT2D eigenvalue weighted by Crippen LogP contribution is -2.39. The van der Waals surface area contributed by atoms with Crippen LogP contribution in [-0.4, -0.2) is 48.7 Å². The molecule has 154 valence electrons. The molecule has 9 heteroatoms. The smallest absolute Gasteiger partial charge is 0.288 e. The first-order chi connectivity index (χ1) is 14.0. The number of halogens is 3. The molecule has 0 amide bonds. The van der Waals surface area contributed by atoms with Gasteiger partial charge in [-0.2, -0.15) is 4.98 Å². The summed E-state index contributed by atoms with van der Waals surface area (Å²) >= 11 is 0. The second-order valence-corrected chi connectivity index (χ2v) is 7.64. The van der Waals surface area contributed by atoms with Gasteiger partial charge in [-0.3, -0.25) is 0 Å². The van der Waals surface area contributed by atoms with Gasteiger partial charge in [-0.1, -0.05) is 12.1 Å². The van der Waals surface area contributed by atoms with Crippen LogP contribution in [0.25, 0.3) is 0 Å². The third kappa shape index (κ3) is 3.53. The van der Waals surface area contributed by atoms with Gasteiger partial charge in [0.2, 0.25) is 5.95 Å². The summed E-state index contributed by atoms with van der Waals surface area (Å²) in [7, 11) is 0. The van der Waals surface area contributed by atoms with E-state index in [9.17, 15) is 13.2 Å². The SMILES string of the molecule is Fc1cccc2c1CCN(c1nc3c(c(N4CCOCC(F)(F)C4)n1)COC3)C2. The molecule has 0 spiro atoms. The van der Waals surface area contributed by atoms with Gasteiger partial charge in [-0.05, 0) is 23.6 Å². The summed E-state index contributed by atoms with van der Waals surface area (Å²) in [6, 6.07) is 5.06. The predicted molar refractivity (Wildman–Crippen MR) is 99.7 cm³/mol. The lowest BCUT2D eigenvalue weighted by molar-refractivity contribution is -0.0564. The molecule has 0 aliphatic carbocycles. The number of benzene rings is 1. The Balaban J connectivity index is 1.50. The first kappa shape index (κ1) is 18.6. The standard InChI is InChI=1S/C20H21F3N4O2/c21-16-3-1-2-13-8-26(5-4-14(13)16)19-24-17-10-29-9-15(17)18(25-19)27-6-7-28-12-20(22,23)11-27/h1-3H,4-12H2. The van der Waals surface area contributed by atoms with E-state index in [-0.39, 0.29) is 12.4 Å². The Morgan fingerprint density at radius 3 is 2.79 bits per heavy atom. The van der Waals surface area contributed by atoms with E-state index in [1.807, 2.05) is 11.0 Å². The fourth-order valence-electron chi connectivity index (χ4n) is 4.14. The molecular weight excluding hydrogens is 385 g/mol. The molecule has 3 aliphatic heterocycles. The summed E-state index contributed by atoms with van der Waals surface area (Å²) < 4.78 is 52.9. The Morgan fingerprint density at radius 2 is 1.90 bits per heavy atom. The summed E-state index contributed by atoms with van der Waals surface area (Å²) in [4.78, 5) is 12.9. The van der Waals surface area contributed by atoms with Gasteiger partial charge in [-0.25, -0.2) is 18.2 Å². The number of ether oxygens (including phenoxy) is 2. The van der Waals surface area contributed by atoms with Crippen LogP contribution in [-0.2, 0) is 35.7 Å². The Kier molecular flexibility index (Phi) is 4.59. The minimum Gasteiger partial charge on any atom is -0.373 e. The van der Waals surface area contributed by atoms with Crippen molar-refractivity contribution in [2.24, 2.45) is 0 Å². The van der Waals surface area contributed by atoms with E-state index in [1.54, 1.807) is 11.0 Å². The van der Waals surface area contributed by atoms with Crippen molar-refractivity contribution in [3.8, 4) is 0 Å². The molecule has 1 aromatic heterocycles. The molecule has 1 aromatic carbocycles. The summed E-state index contributed by atoms with van der Waals surface area (Å²) in [6.45, 7) is 1.17. The van der Waals surface area contributed by atoms with Crippen molar-refractivity contribution < 1.29 is 22.6 Å². The van der Waals surface area contributed by atoms with Gasteiger partial charge in [0.15, 0.2) is 0 Å². The maximum Gasteiger partial charge on any atom is 0.288 e. The molecule has 1 fully saturated rings. The van der Waals surface area contributed by atoms with Crippen LogP contribution in [0.5, 0.6) is 0 Å². The second kappa shape index (κ2) is 7.14. The van der Waals surface area contributed by atoms with E-state index < -0.39 is 19.1 Å². The van der Waals surface area contributed by atoms with Gasteiger partial charge in [0.1, 0.15) is 18.2 Å². The molecule has 0 unspecified atom stereocenters. The highest BCUT2D eigenvalue weighted by Gasteiger charge is 2.37. The Labute approximate surface area is 166 Å². The largest absolute Gasteiger partial charge is 0.373 e. The predicted octanol–water partition coefficient (Wildman–Crippen LogP) is 2.68. The minimum atomic E-state index is -2.95. The van der Waals surface area contributed by atoms with Gasteiger partial charge < -0.3 is 19.3 Å². The van der Waals surface area contributed by atoms with E-state index in [0.29, 0.717) is 51.0 Å². The summed E-state index contributed by atoms with van der Waals surface area (Å²) in [6.07, 6.45) is 0.546. The molecular formula is C20H21F3N4O2. The number of rotatable bonds is 2. The van der Waals surface area contributed by atoms with Crippen LogP contribution in [0.1, 0.15) is 22.4 Å². The molecule has 5 rings (SSSR count). The van der Waals surface area contributed by atoms with Gasteiger partial charge in [0.05, 0.1) is 32.1 Å². The van der Waals surface area contributed by atoms with Crippen LogP contribution in [0.3, 0.4) is 0 Å². The van der Waals surface area contributed by atoms with Crippen LogP contribution in [0, 0.1) is 5.82 Å². The topological polar surface area (TPSA) is 50.7 Å². The third-order valence-electron chi connectivity index (χ3n) is 5.58. The number of anilines is 2. The molecule has 0 radical (unpaired) electrons. The molecule has 0 bridgehead atoms. The zero-order valence-corrected chi connectivity index (χ0v) is 15.8. The highest BCUT2D eigenvalue weighted by atomic mass is 19.3. The van der Waals surface area contributed by atoms with E-state index >= 15 is 0 Å².